The molecule has 0 spiro atoms. The van der Waals surface area contributed by atoms with Crippen LogP contribution in [0.3, 0.4) is 0 Å². The molecule has 0 radical (unpaired) electrons. The van der Waals surface area contributed by atoms with Gasteiger partial charge in [-0.25, -0.2) is 4.79 Å². The Bertz CT molecular complexity index is 808. The topological polar surface area (TPSA) is 91.3 Å². The van der Waals surface area contributed by atoms with Crippen LogP contribution < -0.4 is 0 Å². The molecule has 2 aliphatic heterocycles. The van der Waals surface area contributed by atoms with Crippen LogP contribution in [-0.2, 0) is 28.5 Å². The Morgan fingerprint density at radius 2 is 1.41 bits per heavy atom. The molecule has 2 unspecified atom stereocenters. The molecule has 4 rings (SSSR count). The summed E-state index contributed by atoms with van der Waals surface area (Å²) in [5.74, 6) is -2.64. The highest BCUT2D eigenvalue weighted by molar-refractivity contribution is 6.34. The number of fused-ring (bicyclic) bond motifs is 1. The van der Waals surface area contributed by atoms with Gasteiger partial charge in [0.25, 0.3) is 5.78 Å². The lowest BCUT2D eigenvalue weighted by Crippen LogP contribution is -2.57. The van der Waals surface area contributed by atoms with Gasteiger partial charge >= 0.3 is 5.97 Å². The molecule has 2 saturated heterocycles. The molecule has 2 aromatic rings. The van der Waals surface area contributed by atoms with E-state index in [-0.39, 0.29) is 6.61 Å². The molecule has 2 heterocycles. The Labute approximate surface area is 155 Å². The number of carboxylic acid groups (broad SMARTS) is 1. The molecular formula is C20H18O7. The number of Topliss-reactive ketones (excluding diaryl/α,β-unsaturated/α-hetero) is 1. The highest BCUT2D eigenvalue weighted by Crippen LogP contribution is 2.38. The van der Waals surface area contributed by atoms with E-state index in [1.165, 1.54) is 0 Å². The summed E-state index contributed by atoms with van der Waals surface area (Å²) in [7, 11) is 0. The van der Waals surface area contributed by atoms with Gasteiger partial charge in [0.15, 0.2) is 18.7 Å². The van der Waals surface area contributed by atoms with Crippen molar-refractivity contribution < 1.29 is 33.6 Å². The smallest absolute Gasteiger partial charge is 0.375 e. The van der Waals surface area contributed by atoms with Gasteiger partial charge < -0.3 is 24.1 Å². The first-order valence-electron chi connectivity index (χ1n) is 8.58. The number of benzene rings is 2. The van der Waals surface area contributed by atoms with Crippen molar-refractivity contribution in [1.82, 2.24) is 0 Å². The molecule has 0 amide bonds. The van der Waals surface area contributed by atoms with Gasteiger partial charge in [-0.3, -0.25) is 4.79 Å². The van der Waals surface area contributed by atoms with E-state index in [1.54, 1.807) is 12.1 Å². The van der Waals surface area contributed by atoms with E-state index in [0.29, 0.717) is 5.56 Å². The van der Waals surface area contributed by atoms with Crippen molar-refractivity contribution in [3.05, 3.63) is 71.8 Å². The van der Waals surface area contributed by atoms with Gasteiger partial charge in [0.1, 0.15) is 12.2 Å². The number of carboxylic acids is 1. The Kier molecular flexibility index (Phi) is 5.00. The standard InChI is InChI=1S/C20H18O7/c21-15(18(22)23)17-16-14(25-20(27-17)13-9-5-2-6-10-13)11-24-19(26-16)12-7-3-1-4-8-12/h1-10,14,16-17,19-20H,11H2,(H,22,23)/t14-,16+,17+,19?,20?/m0/s1. The summed E-state index contributed by atoms with van der Waals surface area (Å²) in [6.07, 6.45) is -4.40. The van der Waals surface area contributed by atoms with Gasteiger partial charge in [0.05, 0.1) is 6.61 Å². The van der Waals surface area contributed by atoms with Crippen LogP contribution in [0.25, 0.3) is 0 Å². The van der Waals surface area contributed by atoms with Crippen LogP contribution in [0.4, 0.5) is 0 Å². The summed E-state index contributed by atoms with van der Waals surface area (Å²) in [5, 5.41) is 9.21. The predicted octanol–water partition coefficient (Wildman–Crippen LogP) is 2.24. The first kappa shape index (κ1) is 17.8. The van der Waals surface area contributed by atoms with Gasteiger partial charge in [0, 0.05) is 11.1 Å². The molecule has 0 aliphatic carbocycles. The predicted molar refractivity (Wildman–Crippen MR) is 91.6 cm³/mol. The fraction of sp³-hybridized carbons (Fsp3) is 0.300. The summed E-state index contributed by atoms with van der Waals surface area (Å²) in [6.45, 7) is 0.153. The zero-order chi connectivity index (χ0) is 18.8. The third kappa shape index (κ3) is 3.63. The summed E-state index contributed by atoms with van der Waals surface area (Å²) >= 11 is 0. The summed E-state index contributed by atoms with van der Waals surface area (Å²) in [5.41, 5.74) is 1.45. The second-order valence-corrected chi connectivity index (χ2v) is 6.32. The van der Waals surface area contributed by atoms with Crippen LogP contribution in [0.5, 0.6) is 0 Å². The first-order valence-corrected chi connectivity index (χ1v) is 8.58. The van der Waals surface area contributed by atoms with Crippen LogP contribution in [-0.4, -0.2) is 41.8 Å². The molecule has 7 nitrogen and oxygen atoms in total. The fourth-order valence-corrected chi connectivity index (χ4v) is 3.22. The number of rotatable bonds is 4. The van der Waals surface area contributed by atoms with E-state index in [9.17, 15) is 14.7 Å². The van der Waals surface area contributed by atoms with Crippen molar-refractivity contribution in [3.8, 4) is 0 Å². The minimum absolute atomic E-state index is 0.153. The van der Waals surface area contributed by atoms with Gasteiger partial charge in [0.2, 0.25) is 0 Å². The van der Waals surface area contributed by atoms with Gasteiger partial charge in [-0.2, -0.15) is 0 Å². The molecule has 2 aliphatic rings. The zero-order valence-corrected chi connectivity index (χ0v) is 14.3. The number of carbonyl (C=O) groups excluding carboxylic acids is 1. The van der Waals surface area contributed by atoms with E-state index in [2.05, 4.69) is 0 Å². The van der Waals surface area contributed by atoms with E-state index in [1.807, 2.05) is 48.5 Å². The molecule has 7 heteroatoms. The third-order valence-corrected chi connectivity index (χ3v) is 4.54. The summed E-state index contributed by atoms with van der Waals surface area (Å²) in [6, 6.07) is 18.2. The third-order valence-electron chi connectivity index (χ3n) is 4.54. The van der Waals surface area contributed by atoms with E-state index >= 15 is 0 Å². The average Bonchev–Trinajstić information content (AvgIpc) is 2.73. The molecule has 2 fully saturated rings. The molecule has 27 heavy (non-hydrogen) atoms. The first-order chi connectivity index (χ1) is 13.1. The summed E-state index contributed by atoms with van der Waals surface area (Å²) in [4.78, 5) is 23.6. The van der Waals surface area contributed by atoms with E-state index < -0.39 is 42.6 Å². The molecule has 0 bridgehead atoms. The maximum absolute atomic E-state index is 12.3. The lowest BCUT2D eigenvalue weighted by atomic mass is 10.0. The monoisotopic (exact) mass is 370 g/mol. The number of aliphatic carboxylic acids is 1. The van der Waals surface area contributed by atoms with Crippen molar-refractivity contribution in [3.63, 3.8) is 0 Å². The van der Waals surface area contributed by atoms with E-state index in [0.717, 1.165) is 5.56 Å². The van der Waals surface area contributed by atoms with Gasteiger partial charge in [-0.05, 0) is 0 Å². The SMILES string of the molecule is O=C(O)C(=O)[C@H]1OC(c2ccccc2)O[C@H]2COC(c3ccccc3)O[C@H]21. The molecule has 2 aromatic carbocycles. The number of hydrogen-bond donors (Lipinski definition) is 1. The van der Waals surface area contributed by atoms with Crippen molar-refractivity contribution in [1.29, 1.82) is 0 Å². The van der Waals surface area contributed by atoms with Crippen molar-refractivity contribution in [2.45, 2.75) is 30.9 Å². The largest absolute Gasteiger partial charge is 0.475 e. The van der Waals surface area contributed by atoms with Gasteiger partial charge in [-0.1, -0.05) is 60.7 Å². The minimum Gasteiger partial charge on any atom is -0.475 e. The molecular weight excluding hydrogens is 352 g/mol. The normalized spacial score (nSPS) is 30.3. The maximum atomic E-state index is 12.3. The second-order valence-electron chi connectivity index (χ2n) is 6.32. The number of ketones is 1. The van der Waals surface area contributed by atoms with Crippen LogP contribution in [0, 0.1) is 0 Å². The Morgan fingerprint density at radius 3 is 2.00 bits per heavy atom. The Hall–Kier alpha value is -2.58. The van der Waals surface area contributed by atoms with Crippen LogP contribution in [0.1, 0.15) is 23.7 Å². The number of carbonyl (C=O) groups is 2. The molecule has 0 aromatic heterocycles. The average molecular weight is 370 g/mol. The number of ether oxygens (including phenoxy) is 4. The lowest BCUT2D eigenvalue weighted by Gasteiger charge is -2.45. The maximum Gasteiger partial charge on any atom is 0.375 e. The highest BCUT2D eigenvalue weighted by Gasteiger charge is 2.49. The molecule has 140 valence electrons. The highest BCUT2D eigenvalue weighted by atomic mass is 16.8. The van der Waals surface area contributed by atoms with Crippen molar-refractivity contribution in [2.24, 2.45) is 0 Å². The van der Waals surface area contributed by atoms with E-state index in [4.69, 9.17) is 18.9 Å². The molecule has 1 N–H and O–H groups in total. The van der Waals surface area contributed by atoms with Crippen LogP contribution >= 0.6 is 0 Å². The lowest BCUT2D eigenvalue weighted by molar-refractivity contribution is -0.356. The van der Waals surface area contributed by atoms with Crippen molar-refractivity contribution >= 4 is 11.8 Å². The molecule has 0 saturated carbocycles. The van der Waals surface area contributed by atoms with Crippen LogP contribution in [0.15, 0.2) is 60.7 Å². The summed E-state index contributed by atoms with van der Waals surface area (Å²) < 4.78 is 23.3. The number of hydrogen-bond acceptors (Lipinski definition) is 6. The Balaban J connectivity index is 1.60. The molecule has 5 atom stereocenters. The Morgan fingerprint density at radius 1 is 0.815 bits per heavy atom. The zero-order valence-electron chi connectivity index (χ0n) is 14.3. The van der Waals surface area contributed by atoms with Crippen LogP contribution in [0.2, 0.25) is 0 Å². The van der Waals surface area contributed by atoms with Crippen molar-refractivity contribution in [2.75, 3.05) is 6.61 Å². The quantitative estimate of drug-likeness (QED) is 0.825. The second kappa shape index (κ2) is 7.58. The fourth-order valence-electron chi connectivity index (χ4n) is 3.22. The minimum atomic E-state index is -1.57. The van der Waals surface area contributed by atoms with Gasteiger partial charge in [-0.15, -0.1) is 0 Å².